The van der Waals surface area contributed by atoms with Crippen LogP contribution in [-0.4, -0.2) is 22.1 Å². The third-order valence-electron chi connectivity index (χ3n) is 1.76. The van der Waals surface area contributed by atoms with Crippen molar-refractivity contribution in [1.82, 2.24) is 0 Å². The van der Waals surface area contributed by atoms with Gasteiger partial charge in [0, 0.05) is 6.07 Å². The van der Waals surface area contributed by atoms with Gasteiger partial charge in [0.1, 0.15) is 0 Å². The molecule has 1 aromatic carbocycles. The number of nitrogens with two attached hydrogens (primary N) is 1. The third kappa shape index (κ3) is 2.84. The lowest BCUT2D eigenvalue weighted by molar-refractivity contribution is 0.310. The molecule has 0 amide bonds. The van der Waals surface area contributed by atoms with Crippen LogP contribution in [0, 0.1) is 0 Å². The van der Waals surface area contributed by atoms with Gasteiger partial charge in [-0.05, 0) is 19.1 Å². The highest BCUT2D eigenvalue weighted by molar-refractivity contribution is 7.89. The second kappa shape index (κ2) is 4.50. The number of hydrogen-bond acceptors (Lipinski definition) is 4. The molecule has 0 aromatic heterocycles. The molecule has 2 N–H and O–H groups in total. The summed E-state index contributed by atoms with van der Waals surface area (Å²) in [6.45, 7) is 2.30. The quantitative estimate of drug-likeness (QED) is 0.829. The molecule has 0 heterocycles. The summed E-state index contributed by atoms with van der Waals surface area (Å²) in [4.78, 5) is 0.00260. The highest BCUT2D eigenvalue weighted by atomic mass is 32.2. The van der Waals surface area contributed by atoms with E-state index in [0.717, 1.165) is 0 Å². The Morgan fingerprint density at radius 3 is 2.47 bits per heavy atom. The number of rotatable bonds is 4. The predicted molar refractivity (Wildman–Crippen MR) is 55.5 cm³/mol. The van der Waals surface area contributed by atoms with E-state index in [1.165, 1.54) is 25.3 Å². The summed E-state index contributed by atoms with van der Waals surface area (Å²) in [6, 6.07) is 4.23. The number of sulfonamides is 1. The Morgan fingerprint density at radius 2 is 2.00 bits per heavy atom. The zero-order valence-corrected chi connectivity index (χ0v) is 9.37. The minimum Gasteiger partial charge on any atom is -0.493 e. The highest BCUT2D eigenvalue weighted by Crippen LogP contribution is 2.29. The van der Waals surface area contributed by atoms with Crippen molar-refractivity contribution in [2.24, 2.45) is 5.14 Å². The fourth-order valence-corrected chi connectivity index (χ4v) is 1.63. The summed E-state index contributed by atoms with van der Waals surface area (Å²) >= 11 is 0. The van der Waals surface area contributed by atoms with Gasteiger partial charge in [-0.2, -0.15) is 0 Å². The second-order valence-corrected chi connectivity index (χ2v) is 4.35. The van der Waals surface area contributed by atoms with Crippen molar-refractivity contribution in [3.8, 4) is 11.5 Å². The lowest BCUT2D eigenvalue weighted by Gasteiger charge is -2.09. The van der Waals surface area contributed by atoms with Gasteiger partial charge in [0.15, 0.2) is 11.5 Å². The van der Waals surface area contributed by atoms with Gasteiger partial charge in [-0.15, -0.1) is 0 Å². The number of benzene rings is 1. The van der Waals surface area contributed by atoms with Crippen LogP contribution in [0.4, 0.5) is 0 Å². The van der Waals surface area contributed by atoms with Gasteiger partial charge in [-0.3, -0.25) is 0 Å². The molecule has 1 rings (SSSR count). The summed E-state index contributed by atoms with van der Waals surface area (Å²) in [5, 5.41) is 4.98. The first-order chi connectivity index (χ1) is 6.99. The molecule has 0 saturated carbocycles. The van der Waals surface area contributed by atoms with E-state index in [1.807, 2.05) is 6.92 Å². The third-order valence-corrected chi connectivity index (χ3v) is 2.67. The first kappa shape index (κ1) is 11.8. The van der Waals surface area contributed by atoms with E-state index in [2.05, 4.69) is 0 Å². The molecule has 0 unspecified atom stereocenters. The van der Waals surface area contributed by atoms with Crippen LogP contribution < -0.4 is 14.6 Å². The average molecular weight is 231 g/mol. The number of methoxy groups -OCH3 is 1. The van der Waals surface area contributed by atoms with Crippen molar-refractivity contribution in [1.29, 1.82) is 0 Å². The van der Waals surface area contributed by atoms with Gasteiger partial charge in [-0.1, -0.05) is 0 Å². The molecule has 15 heavy (non-hydrogen) atoms. The lowest BCUT2D eigenvalue weighted by Crippen LogP contribution is -2.12. The Morgan fingerprint density at radius 1 is 1.33 bits per heavy atom. The maximum atomic E-state index is 11.1. The minimum absolute atomic E-state index is 0.00260. The van der Waals surface area contributed by atoms with Gasteiger partial charge in [-0.25, -0.2) is 13.6 Å². The molecule has 1 aromatic rings. The smallest absolute Gasteiger partial charge is 0.238 e. The molecule has 0 bridgehead atoms. The lowest BCUT2D eigenvalue weighted by atomic mass is 10.3. The van der Waals surface area contributed by atoms with E-state index in [0.29, 0.717) is 18.1 Å². The molecule has 0 aliphatic rings. The van der Waals surface area contributed by atoms with Gasteiger partial charge < -0.3 is 9.47 Å². The van der Waals surface area contributed by atoms with Crippen molar-refractivity contribution < 1.29 is 17.9 Å². The van der Waals surface area contributed by atoms with Crippen LogP contribution in [0.3, 0.4) is 0 Å². The minimum atomic E-state index is -3.70. The first-order valence-electron chi connectivity index (χ1n) is 4.32. The monoisotopic (exact) mass is 231 g/mol. The molecule has 6 heteroatoms. The molecule has 5 nitrogen and oxygen atoms in total. The Labute approximate surface area is 88.9 Å². The van der Waals surface area contributed by atoms with Gasteiger partial charge in [0.25, 0.3) is 0 Å². The van der Waals surface area contributed by atoms with Crippen LogP contribution in [0.1, 0.15) is 6.92 Å². The molecular weight excluding hydrogens is 218 g/mol. The summed E-state index contributed by atoms with van der Waals surface area (Å²) in [5.41, 5.74) is 0. The molecule has 0 aliphatic heterocycles. The predicted octanol–water partition coefficient (Wildman–Crippen LogP) is 0.741. The average Bonchev–Trinajstić information content (AvgIpc) is 2.17. The molecular formula is C9H13NO4S. The van der Waals surface area contributed by atoms with E-state index >= 15 is 0 Å². The number of hydrogen-bond donors (Lipinski definition) is 1. The topological polar surface area (TPSA) is 78.6 Å². The van der Waals surface area contributed by atoms with Crippen molar-refractivity contribution >= 4 is 10.0 Å². The van der Waals surface area contributed by atoms with Crippen molar-refractivity contribution in [2.45, 2.75) is 11.8 Å². The van der Waals surface area contributed by atoms with Crippen LogP contribution in [0.2, 0.25) is 0 Å². The Kier molecular flexibility index (Phi) is 3.54. The Balaban J connectivity index is 3.19. The Bertz CT molecular complexity index is 441. The van der Waals surface area contributed by atoms with E-state index in [4.69, 9.17) is 14.6 Å². The SMILES string of the molecule is CCOc1ccc(S(N)(=O)=O)cc1OC. The fraction of sp³-hybridized carbons (Fsp3) is 0.333. The van der Waals surface area contributed by atoms with E-state index in [1.54, 1.807) is 0 Å². The molecule has 0 spiro atoms. The van der Waals surface area contributed by atoms with Crippen molar-refractivity contribution in [3.05, 3.63) is 18.2 Å². The molecule has 0 atom stereocenters. The van der Waals surface area contributed by atoms with Crippen LogP contribution in [0.25, 0.3) is 0 Å². The summed E-state index contributed by atoms with van der Waals surface area (Å²) in [5.74, 6) is 0.843. The van der Waals surface area contributed by atoms with E-state index < -0.39 is 10.0 Å². The maximum absolute atomic E-state index is 11.1. The summed E-state index contributed by atoms with van der Waals surface area (Å²) in [6.07, 6.45) is 0. The van der Waals surface area contributed by atoms with E-state index in [9.17, 15) is 8.42 Å². The molecule has 0 saturated heterocycles. The van der Waals surface area contributed by atoms with Crippen LogP contribution in [-0.2, 0) is 10.0 Å². The molecule has 0 fully saturated rings. The number of primary sulfonamides is 1. The summed E-state index contributed by atoms with van der Waals surface area (Å²) in [7, 11) is -2.27. The van der Waals surface area contributed by atoms with Crippen molar-refractivity contribution in [2.75, 3.05) is 13.7 Å². The van der Waals surface area contributed by atoms with Gasteiger partial charge in [0.05, 0.1) is 18.6 Å². The largest absolute Gasteiger partial charge is 0.493 e. The molecule has 0 aliphatic carbocycles. The number of ether oxygens (including phenoxy) is 2. The van der Waals surface area contributed by atoms with Crippen LogP contribution in [0.15, 0.2) is 23.1 Å². The molecule has 0 radical (unpaired) electrons. The van der Waals surface area contributed by atoms with E-state index in [-0.39, 0.29) is 4.90 Å². The zero-order valence-electron chi connectivity index (χ0n) is 8.56. The van der Waals surface area contributed by atoms with Crippen molar-refractivity contribution in [3.63, 3.8) is 0 Å². The summed E-state index contributed by atoms with van der Waals surface area (Å²) < 4.78 is 32.3. The highest BCUT2D eigenvalue weighted by Gasteiger charge is 2.12. The normalized spacial score (nSPS) is 11.1. The maximum Gasteiger partial charge on any atom is 0.238 e. The van der Waals surface area contributed by atoms with Gasteiger partial charge >= 0.3 is 0 Å². The second-order valence-electron chi connectivity index (χ2n) is 2.79. The zero-order chi connectivity index (χ0) is 11.5. The van der Waals surface area contributed by atoms with Crippen LogP contribution in [0.5, 0.6) is 11.5 Å². The van der Waals surface area contributed by atoms with Crippen LogP contribution >= 0.6 is 0 Å². The Hall–Kier alpha value is -1.27. The first-order valence-corrected chi connectivity index (χ1v) is 5.87. The standard InChI is InChI=1S/C9H13NO4S/c1-3-14-8-5-4-7(15(10,11)12)6-9(8)13-2/h4-6H,3H2,1-2H3,(H2,10,11,12). The van der Waals surface area contributed by atoms with Gasteiger partial charge in [0.2, 0.25) is 10.0 Å². The molecule has 84 valence electrons. The fourth-order valence-electron chi connectivity index (χ4n) is 1.10.